The van der Waals surface area contributed by atoms with E-state index < -0.39 is 0 Å². The molecule has 6 heteroatoms. The summed E-state index contributed by atoms with van der Waals surface area (Å²) >= 11 is 0. The molecule has 1 aliphatic rings. The van der Waals surface area contributed by atoms with Crippen LogP contribution in [0.25, 0.3) is 0 Å². The minimum Gasteiger partial charge on any atom is -0.491 e. The number of carbonyl (C=O) groups excluding carboxylic acids is 1. The fourth-order valence-electron chi connectivity index (χ4n) is 2.72. The first-order chi connectivity index (χ1) is 10.6. The maximum Gasteiger partial charge on any atom is 0.223 e. The maximum atomic E-state index is 11.5. The molecule has 6 nitrogen and oxygen atoms in total. The number of rotatable bonds is 6. The van der Waals surface area contributed by atoms with Crippen molar-refractivity contribution in [3.63, 3.8) is 0 Å². The second kappa shape index (κ2) is 8.12. The van der Waals surface area contributed by atoms with Gasteiger partial charge in [-0.2, -0.15) is 0 Å². The van der Waals surface area contributed by atoms with Crippen molar-refractivity contribution in [2.24, 2.45) is 11.7 Å². The molecule has 1 amide bonds. The zero-order valence-corrected chi connectivity index (χ0v) is 13.1. The molecule has 1 aliphatic heterocycles. The first kappa shape index (κ1) is 16.7. The molecule has 1 fully saturated rings. The lowest BCUT2D eigenvalue weighted by atomic mass is 10.1. The molecule has 22 heavy (non-hydrogen) atoms. The van der Waals surface area contributed by atoms with Crippen molar-refractivity contribution in [3.8, 4) is 5.75 Å². The Bertz CT molecular complexity index is 495. The molecule has 3 N–H and O–H groups in total. The molecule has 1 aromatic rings. The third kappa shape index (κ3) is 4.98. The van der Waals surface area contributed by atoms with Gasteiger partial charge in [0.15, 0.2) is 0 Å². The Balaban J connectivity index is 2.00. The predicted octanol–water partition coefficient (Wildman–Crippen LogP) is -0.0934. The van der Waals surface area contributed by atoms with E-state index in [-0.39, 0.29) is 18.4 Å². The summed E-state index contributed by atoms with van der Waals surface area (Å²) in [5.74, 6) is 0.380. The van der Waals surface area contributed by atoms with Crippen LogP contribution in [0.5, 0.6) is 5.75 Å². The van der Waals surface area contributed by atoms with Crippen LogP contribution in [0.1, 0.15) is 5.56 Å². The highest BCUT2D eigenvalue weighted by Gasteiger charge is 2.24. The Hall–Kier alpha value is -1.63. The number of carbonyl (C=O) groups is 1. The van der Waals surface area contributed by atoms with Crippen LogP contribution in [0.15, 0.2) is 24.3 Å². The van der Waals surface area contributed by atoms with Gasteiger partial charge in [-0.15, -0.1) is 0 Å². The van der Waals surface area contributed by atoms with Crippen LogP contribution in [0.3, 0.4) is 0 Å². The minimum absolute atomic E-state index is 0.00296. The fraction of sp³-hybridized carbons (Fsp3) is 0.562. The highest BCUT2D eigenvalue weighted by molar-refractivity contribution is 5.77. The normalized spacial score (nSPS) is 20.5. The Morgan fingerprint density at radius 3 is 2.95 bits per heavy atom. The van der Waals surface area contributed by atoms with Crippen molar-refractivity contribution < 1.29 is 14.6 Å². The highest BCUT2D eigenvalue weighted by atomic mass is 16.5. The van der Waals surface area contributed by atoms with Gasteiger partial charge in [-0.05, 0) is 24.7 Å². The van der Waals surface area contributed by atoms with E-state index >= 15 is 0 Å². The van der Waals surface area contributed by atoms with E-state index in [0.29, 0.717) is 19.7 Å². The van der Waals surface area contributed by atoms with Gasteiger partial charge in [0.1, 0.15) is 12.4 Å². The summed E-state index contributed by atoms with van der Waals surface area (Å²) in [6, 6.07) is 7.84. The van der Waals surface area contributed by atoms with Crippen LogP contribution in [-0.2, 0) is 11.3 Å². The zero-order chi connectivity index (χ0) is 15.9. The molecule has 1 atom stereocenters. The number of amides is 1. The molecule has 0 radical (unpaired) electrons. The molecular formula is C16H25N3O3. The van der Waals surface area contributed by atoms with Crippen LogP contribution in [-0.4, -0.2) is 67.3 Å². The molecule has 0 spiro atoms. The molecule has 0 aliphatic carbocycles. The van der Waals surface area contributed by atoms with Crippen LogP contribution in [0.2, 0.25) is 0 Å². The van der Waals surface area contributed by atoms with Crippen LogP contribution in [0, 0.1) is 5.92 Å². The molecule has 1 heterocycles. The number of ether oxygens (including phenoxy) is 1. The van der Waals surface area contributed by atoms with E-state index in [1.807, 2.05) is 31.3 Å². The van der Waals surface area contributed by atoms with Crippen molar-refractivity contribution in [1.29, 1.82) is 0 Å². The number of hydrogen-bond donors (Lipinski definition) is 2. The van der Waals surface area contributed by atoms with E-state index in [1.165, 1.54) is 0 Å². The smallest absolute Gasteiger partial charge is 0.223 e. The van der Waals surface area contributed by atoms with Gasteiger partial charge in [0, 0.05) is 32.7 Å². The van der Waals surface area contributed by atoms with Crippen LogP contribution >= 0.6 is 0 Å². The number of aliphatic hydroxyl groups is 1. The van der Waals surface area contributed by atoms with Gasteiger partial charge in [-0.25, -0.2) is 0 Å². The minimum atomic E-state index is -0.237. The lowest BCUT2D eigenvalue weighted by Crippen LogP contribution is -2.37. The molecule has 0 aromatic heterocycles. The third-order valence-corrected chi connectivity index (χ3v) is 3.88. The number of nitrogens with zero attached hydrogens (tertiary/aromatic N) is 2. The molecule has 122 valence electrons. The van der Waals surface area contributed by atoms with E-state index in [9.17, 15) is 4.79 Å². The Kier molecular flexibility index (Phi) is 6.18. The number of benzene rings is 1. The molecule has 1 unspecified atom stereocenters. The SMILES string of the molecule is CN1CCN(Cc2cccc(OCCO)c2)CC(C(N)=O)C1. The summed E-state index contributed by atoms with van der Waals surface area (Å²) in [6.07, 6.45) is 0. The second-order valence-corrected chi connectivity index (χ2v) is 5.82. The fourth-order valence-corrected chi connectivity index (χ4v) is 2.72. The quantitative estimate of drug-likeness (QED) is 0.768. The lowest BCUT2D eigenvalue weighted by molar-refractivity contribution is -0.122. The van der Waals surface area contributed by atoms with Gasteiger partial charge in [0.2, 0.25) is 5.91 Å². The van der Waals surface area contributed by atoms with Crippen molar-refractivity contribution in [1.82, 2.24) is 9.80 Å². The van der Waals surface area contributed by atoms with Gasteiger partial charge in [-0.3, -0.25) is 9.69 Å². The third-order valence-electron chi connectivity index (χ3n) is 3.88. The van der Waals surface area contributed by atoms with Gasteiger partial charge >= 0.3 is 0 Å². The van der Waals surface area contributed by atoms with E-state index in [4.69, 9.17) is 15.6 Å². The second-order valence-electron chi connectivity index (χ2n) is 5.82. The molecular weight excluding hydrogens is 282 g/mol. The summed E-state index contributed by atoms with van der Waals surface area (Å²) in [5.41, 5.74) is 6.63. The standard InChI is InChI=1S/C16H25N3O3/c1-18-5-6-19(12-14(11-18)16(17)21)10-13-3-2-4-15(9-13)22-8-7-20/h2-4,9,14,20H,5-8,10-12H2,1H3,(H2,17,21). The van der Waals surface area contributed by atoms with Gasteiger partial charge in [0.25, 0.3) is 0 Å². The number of aliphatic hydroxyl groups excluding tert-OH is 1. The monoisotopic (exact) mass is 307 g/mol. The first-order valence-electron chi connectivity index (χ1n) is 7.61. The summed E-state index contributed by atoms with van der Waals surface area (Å²) in [6.45, 7) is 4.28. The molecule has 0 bridgehead atoms. The summed E-state index contributed by atoms with van der Waals surface area (Å²) in [7, 11) is 2.02. The number of primary amides is 1. The topological polar surface area (TPSA) is 79.0 Å². The zero-order valence-electron chi connectivity index (χ0n) is 13.1. The Morgan fingerprint density at radius 2 is 2.23 bits per heavy atom. The number of likely N-dealkylation sites (N-methyl/N-ethyl adjacent to an activating group) is 1. The van der Waals surface area contributed by atoms with Crippen LogP contribution < -0.4 is 10.5 Å². The maximum absolute atomic E-state index is 11.5. The highest BCUT2D eigenvalue weighted by Crippen LogP contribution is 2.17. The van der Waals surface area contributed by atoms with Crippen molar-refractivity contribution in [2.45, 2.75) is 6.54 Å². The number of hydrogen-bond acceptors (Lipinski definition) is 5. The van der Waals surface area contributed by atoms with Crippen LogP contribution in [0.4, 0.5) is 0 Å². The van der Waals surface area contributed by atoms with Crippen molar-refractivity contribution in [2.75, 3.05) is 46.4 Å². The molecule has 0 saturated carbocycles. The molecule has 1 saturated heterocycles. The van der Waals surface area contributed by atoms with Crippen molar-refractivity contribution in [3.05, 3.63) is 29.8 Å². The van der Waals surface area contributed by atoms with E-state index in [2.05, 4.69) is 9.80 Å². The average molecular weight is 307 g/mol. The predicted molar refractivity (Wildman–Crippen MR) is 84.5 cm³/mol. The molecule has 1 aromatic carbocycles. The first-order valence-corrected chi connectivity index (χ1v) is 7.61. The Labute approximate surface area is 131 Å². The lowest BCUT2D eigenvalue weighted by Gasteiger charge is -2.22. The largest absolute Gasteiger partial charge is 0.491 e. The Morgan fingerprint density at radius 1 is 1.41 bits per heavy atom. The summed E-state index contributed by atoms with van der Waals surface area (Å²) in [5, 5.41) is 8.81. The van der Waals surface area contributed by atoms with Crippen molar-refractivity contribution >= 4 is 5.91 Å². The van der Waals surface area contributed by atoms with E-state index in [0.717, 1.165) is 30.9 Å². The summed E-state index contributed by atoms with van der Waals surface area (Å²) in [4.78, 5) is 16.0. The average Bonchev–Trinajstić information content (AvgIpc) is 2.68. The van der Waals surface area contributed by atoms with E-state index in [1.54, 1.807) is 0 Å². The molecule has 2 rings (SSSR count). The summed E-state index contributed by atoms with van der Waals surface area (Å²) < 4.78 is 5.44. The van der Waals surface area contributed by atoms with Gasteiger partial charge in [0.05, 0.1) is 12.5 Å². The van der Waals surface area contributed by atoms with Gasteiger partial charge in [-0.1, -0.05) is 12.1 Å². The number of nitrogens with two attached hydrogens (primary N) is 1. The van der Waals surface area contributed by atoms with Gasteiger partial charge < -0.3 is 20.5 Å².